The number of aliphatic hydroxyl groups is 1. The van der Waals surface area contributed by atoms with Gasteiger partial charge in [0, 0.05) is 53.6 Å². The molecule has 5 heterocycles. The van der Waals surface area contributed by atoms with Crippen molar-refractivity contribution in [1.82, 2.24) is 40.6 Å². The second-order valence-corrected chi connectivity index (χ2v) is 22.8. The highest BCUT2D eigenvalue weighted by Gasteiger charge is 2.44. The van der Waals surface area contributed by atoms with Crippen molar-refractivity contribution >= 4 is 63.6 Å². The van der Waals surface area contributed by atoms with Crippen LogP contribution in [-0.2, 0) is 35.2 Å². The van der Waals surface area contributed by atoms with Crippen LogP contribution in [0.25, 0.3) is 15.4 Å². The van der Waals surface area contributed by atoms with Gasteiger partial charge in [-0.15, -0.1) is 32.9 Å². The molecule has 4 N–H and O–H groups in total. The topological polar surface area (TPSA) is 211 Å². The summed E-state index contributed by atoms with van der Waals surface area (Å²) in [6.45, 7) is 16.6. The molecule has 3 aromatic carbocycles. The Labute approximate surface area is 456 Å². The van der Waals surface area contributed by atoms with Crippen LogP contribution in [0, 0.1) is 33.1 Å². The quantitative estimate of drug-likeness (QED) is 0.0506. The fourth-order valence-corrected chi connectivity index (χ4v) is 11.4. The summed E-state index contributed by atoms with van der Waals surface area (Å²) >= 11 is 9.50. The van der Waals surface area contributed by atoms with Crippen molar-refractivity contribution in [2.45, 2.75) is 111 Å². The lowest BCUT2D eigenvalue weighted by atomic mass is 9.85. The zero-order chi connectivity index (χ0) is 54.3. The Kier molecular flexibility index (Phi) is 18.2. The highest BCUT2D eigenvalue weighted by atomic mass is 35.5. The third kappa shape index (κ3) is 13.4. The van der Waals surface area contributed by atoms with Gasteiger partial charge >= 0.3 is 0 Å². The number of carbonyl (C=O) groups excluding carboxylic acids is 4. The molecule has 0 spiro atoms. The molecule has 402 valence electrons. The van der Waals surface area contributed by atoms with Crippen molar-refractivity contribution in [3.63, 3.8) is 0 Å². The first-order valence-corrected chi connectivity index (χ1v) is 27.5. The zero-order valence-corrected chi connectivity index (χ0v) is 46.5. The maximum absolute atomic E-state index is 14.0. The predicted octanol–water partition coefficient (Wildman–Crippen LogP) is 8.11. The van der Waals surface area contributed by atoms with Gasteiger partial charge in [0.15, 0.2) is 5.82 Å². The molecule has 76 heavy (non-hydrogen) atoms. The van der Waals surface area contributed by atoms with Crippen LogP contribution in [0.2, 0.25) is 5.02 Å². The Balaban J connectivity index is 0.734. The van der Waals surface area contributed by atoms with Crippen LogP contribution in [0.4, 0.5) is 0 Å². The number of nitrogens with one attached hydrogen (secondary N) is 3. The number of thiophene rings is 1. The number of nitrogens with zero attached hydrogens (tertiary/aromatic N) is 6. The molecule has 1 saturated heterocycles. The van der Waals surface area contributed by atoms with Gasteiger partial charge in [-0.2, -0.15) is 0 Å². The van der Waals surface area contributed by atoms with E-state index in [-0.39, 0.29) is 63.6 Å². The van der Waals surface area contributed by atoms with Gasteiger partial charge in [0.1, 0.15) is 41.3 Å². The Hall–Kier alpha value is -6.35. The lowest BCUT2D eigenvalue weighted by Crippen LogP contribution is -2.58. The van der Waals surface area contributed by atoms with E-state index in [1.165, 1.54) is 9.78 Å². The fourth-order valence-electron chi connectivity index (χ4n) is 9.26. The highest BCUT2D eigenvalue weighted by Crippen LogP contribution is 2.40. The van der Waals surface area contributed by atoms with Crippen LogP contribution >= 0.6 is 34.3 Å². The van der Waals surface area contributed by atoms with Crippen LogP contribution in [0.3, 0.4) is 0 Å². The monoisotopic (exact) mass is 1090 g/mol. The molecule has 2 aliphatic rings. The molecular formula is C56H66ClN9O8S2. The van der Waals surface area contributed by atoms with Crippen molar-refractivity contribution in [1.29, 1.82) is 0 Å². The summed E-state index contributed by atoms with van der Waals surface area (Å²) in [7, 11) is 0. The number of aliphatic hydroxyl groups excluding tert-OH is 1. The second kappa shape index (κ2) is 24.8. The van der Waals surface area contributed by atoms with Gasteiger partial charge in [0.2, 0.25) is 23.6 Å². The number of β-amino-alcohol motifs (C(OH)–C–C–N with tert-alkyl or cyclic N) is 1. The van der Waals surface area contributed by atoms with Crippen molar-refractivity contribution in [3.8, 4) is 21.2 Å². The van der Waals surface area contributed by atoms with E-state index >= 15 is 0 Å². The van der Waals surface area contributed by atoms with E-state index < -0.39 is 41.5 Å². The standard InChI is InChI=1S/C56H66ClN9O8S2/c1-32-35(4)76-55-48(32)49(39-14-18-41(57)19-15-39)61-44(52-64-63-36(5)66(52)55)27-46(68)60-33(2)38-16-20-43(21-17-38)74-23-9-22-72-24-25-73-30-47(69)62-51(56(6,7)8)54(71)65-29-42(67)26-45(65)53(70)58-28-37-10-12-40(13-11-37)50-34(3)59-31-75-50/h10-21,31,33,42,44-45,51,67H,9,22-30H2,1-8H3,(H,58,70)(H,60,68)(H,62,69)/t33-,42-,44+,45+,51-/m1/s1. The first-order chi connectivity index (χ1) is 36.4. The summed E-state index contributed by atoms with van der Waals surface area (Å²) in [6.07, 6.45) is -0.109. The molecule has 8 rings (SSSR count). The number of hydrogen-bond donors (Lipinski definition) is 4. The molecule has 1 fully saturated rings. The maximum atomic E-state index is 14.0. The molecule has 17 nitrogen and oxygen atoms in total. The van der Waals surface area contributed by atoms with Gasteiger partial charge in [0.05, 0.1) is 60.2 Å². The summed E-state index contributed by atoms with van der Waals surface area (Å²) in [6, 6.07) is 20.3. The van der Waals surface area contributed by atoms with Gasteiger partial charge in [-0.25, -0.2) is 4.98 Å². The number of ether oxygens (including phenoxy) is 3. The maximum Gasteiger partial charge on any atom is 0.246 e. The predicted molar refractivity (Wildman–Crippen MR) is 294 cm³/mol. The van der Waals surface area contributed by atoms with Crippen LogP contribution in [0.5, 0.6) is 5.75 Å². The van der Waals surface area contributed by atoms with Gasteiger partial charge < -0.3 is 40.2 Å². The van der Waals surface area contributed by atoms with Gasteiger partial charge in [0.25, 0.3) is 0 Å². The lowest BCUT2D eigenvalue weighted by molar-refractivity contribution is -0.144. The van der Waals surface area contributed by atoms with Crippen molar-refractivity contribution in [2.75, 3.05) is 39.6 Å². The van der Waals surface area contributed by atoms with E-state index in [1.54, 1.807) is 22.7 Å². The van der Waals surface area contributed by atoms with Crippen molar-refractivity contribution in [3.05, 3.63) is 133 Å². The number of aryl methyl sites for hydroxylation is 3. The van der Waals surface area contributed by atoms with Crippen LogP contribution in [0.1, 0.15) is 109 Å². The second-order valence-electron chi connectivity index (χ2n) is 20.3. The van der Waals surface area contributed by atoms with E-state index in [9.17, 15) is 24.3 Å². The molecule has 5 atom stereocenters. The van der Waals surface area contributed by atoms with Gasteiger partial charge in [-0.3, -0.25) is 28.7 Å². The van der Waals surface area contributed by atoms with Crippen molar-refractivity contribution in [2.24, 2.45) is 10.4 Å². The molecule has 3 aromatic heterocycles. The number of aliphatic imine (C=N–C) groups is 1. The Morgan fingerprint density at radius 2 is 1.58 bits per heavy atom. The number of likely N-dealkylation sites (tertiary alicyclic amines) is 1. The largest absolute Gasteiger partial charge is 0.494 e. The summed E-state index contributed by atoms with van der Waals surface area (Å²) in [4.78, 5) is 67.4. The molecule has 0 aliphatic carbocycles. The molecule has 0 unspecified atom stereocenters. The SMILES string of the molecule is Cc1ncsc1-c1ccc(CNC(=O)[C@@H]2C[C@@H](O)CN2C(=O)[C@@H](NC(=O)COCCOCCCOc2ccc([C@@H](C)NC(=O)C[C@@H]3N=C(c4ccc(Cl)cc4)c4c(sc(C)c4C)-n4c(C)nnc43)cc2)C(C)(C)C)cc1. The minimum Gasteiger partial charge on any atom is -0.494 e. The lowest BCUT2D eigenvalue weighted by Gasteiger charge is -2.35. The molecular weight excluding hydrogens is 1030 g/mol. The number of fused-ring (bicyclic) bond motifs is 3. The average molecular weight is 1090 g/mol. The molecule has 2 aliphatic heterocycles. The molecule has 0 saturated carbocycles. The van der Waals surface area contributed by atoms with Gasteiger partial charge in [-0.05, 0) is 86.6 Å². The minimum absolute atomic E-state index is 0.0229. The van der Waals surface area contributed by atoms with E-state index in [0.717, 1.165) is 60.5 Å². The number of benzene rings is 3. The van der Waals surface area contributed by atoms with Crippen LogP contribution in [0.15, 0.2) is 83.3 Å². The minimum atomic E-state index is -0.975. The number of amides is 4. The first-order valence-electron chi connectivity index (χ1n) is 25.4. The number of hydrogen-bond acceptors (Lipinski definition) is 14. The fraction of sp³-hybridized carbons (Fsp3) is 0.429. The van der Waals surface area contributed by atoms with E-state index in [2.05, 4.69) is 45.0 Å². The normalized spacial score (nSPS) is 17.0. The van der Waals surface area contributed by atoms with Crippen molar-refractivity contribution < 1.29 is 38.5 Å². The van der Waals surface area contributed by atoms with E-state index in [1.807, 2.05) is 124 Å². The van der Waals surface area contributed by atoms with Crippen LogP contribution < -0.4 is 20.7 Å². The third-order valence-electron chi connectivity index (χ3n) is 13.5. The summed E-state index contributed by atoms with van der Waals surface area (Å²) in [5.74, 6) is 0.537. The van der Waals surface area contributed by atoms with E-state index in [4.69, 9.17) is 30.8 Å². The third-order valence-corrected chi connectivity index (χ3v) is 15.9. The number of carbonyl (C=O) groups is 4. The molecule has 6 aromatic rings. The van der Waals surface area contributed by atoms with Gasteiger partial charge in [-0.1, -0.05) is 80.9 Å². The highest BCUT2D eigenvalue weighted by molar-refractivity contribution is 7.15. The molecule has 0 bridgehead atoms. The number of thiazole rings is 1. The average Bonchev–Trinajstić information content (AvgIpc) is 4.16. The number of rotatable bonds is 21. The molecule has 0 radical (unpaired) electrons. The Bertz CT molecular complexity index is 3040. The summed E-state index contributed by atoms with van der Waals surface area (Å²) in [5, 5.41) is 30.0. The summed E-state index contributed by atoms with van der Waals surface area (Å²) < 4.78 is 19.3. The summed E-state index contributed by atoms with van der Waals surface area (Å²) in [5.41, 5.74) is 8.73. The Morgan fingerprint density at radius 1 is 0.868 bits per heavy atom. The molecule has 4 amide bonds. The molecule has 20 heteroatoms. The number of aromatic nitrogens is 4. The smallest absolute Gasteiger partial charge is 0.246 e. The van der Waals surface area contributed by atoms with E-state index in [0.29, 0.717) is 36.2 Å². The Morgan fingerprint density at radius 3 is 2.28 bits per heavy atom. The number of halogens is 1. The first kappa shape index (κ1) is 55.9. The van der Waals surface area contributed by atoms with Crippen LogP contribution in [-0.4, -0.2) is 117 Å². The zero-order valence-electron chi connectivity index (χ0n) is 44.1.